The van der Waals surface area contributed by atoms with E-state index >= 15 is 0 Å². The van der Waals surface area contributed by atoms with Gasteiger partial charge < -0.3 is 14.8 Å². The summed E-state index contributed by atoms with van der Waals surface area (Å²) < 4.78 is 11.8. The minimum absolute atomic E-state index is 0.0917. The molecule has 1 atom stereocenters. The molecule has 1 aromatic carbocycles. The number of aryl methyl sites for hydroxylation is 2. The summed E-state index contributed by atoms with van der Waals surface area (Å²) in [5.74, 6) is 1.17. The van der Waals surface area contributed by atoms with Crippen LogP contribution in [0.25, 0.3) is 0 Å². The van der Waals surface area contributed by atoms with Gasteiger partial charge >= 0.3 is 0 Å². The quantitative estimate of drug-likeness (QED) is 0.661. The summed E-state index contributed by atoms with van der Waals surface area (Å²) in [5.41, 5.74) is 2.00. The van der Waals surface area contributed by atoms with E-state index in [1.807, 2.05) is 53.7 Å². The molecule has 0 aliphatic heterocycles. The van der Waals surface area contributed by atoms with Gasteiger partial charge in [-0.1, -0.05) is 20.8 Å². The van der Waals surface area contributed by atoms with Crippen LogP contribution in [0.3, 0.4) is 0 Å². The lowest BCUT2D eigenvalue weighted by atomic mass is 9.92. The number of anilines is 1. The van der Waals surface area contributed by atoms with E-state index in [1.165, 1.54) is 0 Å². The van der Waals surface area contributed by atoms with E-state index in [0.717, 1.165) is 29.0 Å². The molecule has 0 saturated carbocycles. The van der Waals surface area contributed by atoms with E-state index in [4.69, 9.17) is 9.47 Å². The van der Waals surface area contributed by atoms with Crippen molar-refractivity contribution in [3.63, 3.8) is 0 Å². The second-order valence-corrected chi connectivity index (χ2v) is 7.74. The van der Waals surface area contributed by atoms with Gasteiger partial charge in [-0.2, -0.15) is 0 Å². The number of hydrogen-bond acceptors (Lipinski definition) is 3. The lowest BCUT2D eigenvalue weighted by Crippen LogP contribution is -2.44. The molecule has 25 heavy (non-hydrogen) atoms. The van der Waals surface area contributed by atoms with Crippen molar-refractivity contribution in [2.24, 2.45) is 5.92 Å². The van der Waals surface area contributed by atoms with Gasteiger partial charge in [-0.25, -0.2) is 0 Å². The number of amides is 1. The first-order chi connectivity index (χ1) is 11.6. The smallest absolute Gasteiger partial charge is 0.256 e. The van der Waals surface area contributed by atoms with Crippen LogP contribution in [0, 0.1) is 19.8 Å². The number of carbonyl (C=O) groups is 1. The maximum Gasteiger partial charge on any atom is 0.256 e. The first kappa shape index (κ1) is 21.5. The summed E-state index contributed by atoms with van der Waals surface area (Å²) in [7, 11) is 0. The van der Waals surface area contributed by atoms with Crippen molar-refractivity contribution in [2.75, 3.05) is 11.9 Å². The second-order valence-electron chi connectivity index (χ2n) is 7.74. The molecular weight excluding hydrogens is 314 g/mol. The Balaban J connectivity index is 3.00. The van der Waals surface area contributed by atoms with Crippen molar-refractivity contribution in [1.29, 1.82) is 0 Å². The molecule has 4 heteroatoms. The van der Waals surface area contributed by atoms with Crippen LogP contribution >= 0.6 is 0 Å². The number of rotatable bonds is 9. The zero-order valence-electron chi connectivity index (χ0n) is 17.2. The van der Waals surface area contributed by atoms with Crippen LogP contribution in [0.1, 0.15) is 65.5 Å². The number of nitrogens with one attached hydrogen (secondary N) is 1. The topological polar surface area (TPSA) is 47.6 Å². The highest BCUT2D eigenvalue weighted by atomic mass is 16.5. The maximum absolute atomic E-state index is 12.9. The van der Waals surface area contributed by atoms with E-state index in [9.17, 15) is 4.79 Å². The first-order valence-electron chi connectivity index (χ1n) is 9.32. The zero-order valence-corrected chi connectivity index (χ0v) is 17.2. The Kier molecular flexibility index (Phi) is 7.94. The van der Waals surface area contributed by atoms with Crippen LogP contribution in [-0.4, -0.2) is 24.2 Å². The number of hydrogen-bond donors (Lipinski definition) is 1. The largest absolute Gasteiger partial charge is 0.490 e. The summed E-state index contributed by atoms with van der Waals surface area (Å²) in [5, 5.41) is 3.04. The third-order valence-electron chi connectivity index (χ3n) is 3.97. The molecule has 1 amide bonds. The predicted molar refractivity (Wildman–Crippen MR) is 104 cm³/mol. The average Bonchev–Trinajstić information content (AvgIpc) is 2.48. The monoisotopic (exact) mass is 349 g/mol. The van der Waals surface area contributed by atoms with Gasteiger partial charge in [-0.3, -0.25) is 4.79 Å². The number of ether oxygens (including phenoxy) is 2. The Morgan fingerprint density at radius 2 is 1.72 bits per heavy atom. The van der Waals surface area contributed by atoms with Crippen LogP contribution < -0.4 is 10.1 Å². The fraction of sp³-hybridized carbons (Fsp3) is 0.667. The SMILES string of the molecule is CCCO[C@](C)(CC(C)C)C(=O)Nc1cc(C)c(OC(C)C)c(C)c1. The highest BCUT2D eigenvalue weighted by molar-refractivity contribution is 5.97. The minimum atomic E-state index is -0.820. The molecule has 1 N–H and O–H groups in total. The molecule has 4 nitrogen and oxygen atoms in total. The molecule has 0 aliphatic rings. The van der Waals surface area contributed by atoms with E-state index < -0.39 is 5.60 Å². The van der Waals surface area contributed by atoms with Gasteiger partial charge in [-0.05, 0) is 76.6 Å². The van der Waals surface area contributed by atoms with Gasteiger partial charge in [0.05, 0.1) is 6.10 Å². The lowest BCUT2D eigenvalue weighted by Gasteiger charge is -2.30. The summed E-state index contributed by atoms with van der Waals surface area (Å²) in [6, 6.07) is 3.91. The Hall–Kier alpha value is -1.55. The second kappa shape index (κ2) is 9.23. The van der Waals surface area contributed by atoms with Crippen LogP contribution in [0.4, 0.5) is 5.69 Å². The van der Waals surface area contributed by atoms with Gasteiger partial charge in [0.1, 0.15) is 11.4 Å². The van der Waals surface area contributed by atoms with Crippen LogP contribution in [0.2, 0.25) is 0 Å². The normalized spacial score (nSPS) is 13.8. The molecule has 0 spiro atoms. The Labute approximate surface area is 153 Å². The van der Waals surface area contributed by atoms with Crippen molar-refractivity contribution in [3.8, 4) is 5.75 Å². The van der Waals surface area contributed by atoms with Gasteiger partial charge in [0.25, 0.3) is 5.91 Å². The zero-order chi connectivity index (χ0) is 19.2. The van der Waals surface area contributed by atoms with Crippen LogP contribution in [-0.2, 0) is 9.53 Å². The summed E-state index contributed by atoms with van der Waals surface area (Å²) >= 11 is 0. The fourth-order valence-electron chi connectivity index (χ4n) is 3.03. The molecule has 0 aliphatic carbocycles. The summed E-state index contributed by atoms with van der Waals surface area (Å²) in [4.78, 5) is 12.9. The fourth-order valence-corrected chi connectivity index (χ4v) is 3.03. The van der Waals surface area contributed by atoms with E-state index in [2.05, 4.69) is 19.2 Å². The Bertz CT molecular complexity index is 557. The molecule has 0 unspecified atom stereocenters. The molecule has 1 aromatic rings. The Morgan fingerprint density at radius 1 is 1.16 bits per heavy atom. The first-order valence-corrected chi connectivity index (χ1v) is 9.32. The molecule has 1 rings (SSSR count). The standard InChI is InChI=1S/C21H35NO3/c1-9-10-24-21(8,13-14(2)3)20(23)22-18-11-16(6)19(17(7)12-18)25-15(4)5/h11-12,14-15H,9-10,13H2,1-8H3,(H,22,23)/t21-/m1/s1. The minimum Gasteiger partial charge on any atom is -0.490 e. The van der Waals surface area contributed by atoms with Crippen LogP contribution in [0.5, 0.6) is 5.75 Å². The third-order valence-corrected chi connectivity index (χ3v) is 3.97. The van der Waals surface area contributed by atoms with Crippen molar-refractivity contribution in [3.05, 3.63) is 23.3 Å². The van der Waals surface area contributed by atoms with Crippen molar-refractivity contribution < 1.29 is 14.3 Å². The molecule has 0 aromatic heterocycles. The highest BCUT2D eigenvalue weighted by Gasteiger charge is 2.35. The highest BCUT2D eigenvalue weighted by Crippen LogP contribution is 2.30. The van der Waals surface area contributed by atoms with Crippen LogP contribution in [0.15, 0.2) is 12.1 Å². The van der Waals surface area contributed by atoms with Gasteiger partial charge in [-0.15, -0.1) is 0 Å². The maximum atomic E-state index is 12.9. The molecule has 0 heterocycles. The summed E-state index contributed by atoms with van der Waals surface area (Å²) in [6.45, 7) is 16.7. The molecular formula is C21H35NO3. The van der Waals surface area contributed by atoms with Crippen molar-refractivity contribution >= 4 is 11.6 Å². The summed E-state index contributed by atoms with van der Waals surface area (Å²) in [6.07, 6.45) is 1.70. The molecule has 0 bridgehead atoms. The predicted octanol–water partition coefficient (Wildman–Crippen LogP) is 5.26. The van der Waals surface area contributed by atoms with Crippen molar-refractivity contribution in [1.82, 2.24) is 0 Å². The number of carbonyl (C=O) groups excluding carboxylic acids is 1. The van der Waals surface area contributed by atoms with E-state index in [0.29, 0.717) is 18.9 Å². The van der Waals surface area contributed by atoms with Gasteiger partial charge in [0.2, 0.25) is 0 Å². The third kappa shape index (κ3) is 6.35. The molecule has 142 valence electrons. The lowest BCUT2D eigenvalue weighted by molar-refractivity contribution is -0.141. The van der Waals surface area contributed by atoms with Gasteiger partial charge in [0, 0.05) is 12.3 Å². The Morgan fingerprint density at radius 3 is 2.16 bits per heavy atom. The molecule has 0 saturated heterocycles. The van der Waals surface area contributed by atoms with E-state index in [-0.39, 0.29) is 12.0 Å². The molecule has 0 radical (unpaired) electrons. The number of benzene rings is 1. The van der Waals surface area contributed by atoms with Crippen molar-refractivity contribution in [2.45, 2.75) is 79.9 Å². The van der Waals surface area contributed by atoms with E-state index in [1.54, 1.807) is 0 Å². The van der Waals surface area contributed by atoms with Gasteiger partial charge in [0.15, 0.2) is 0 Å². The molecule has 0 fully saturated rings. The average molecular weight is 350 g/mol.